The Labute approximate surface area is 161 Å². The molecule has 136 valence electrons. The number of benzene rings is 2. The highest BCUT2D eigenvalue weighted by Crippen LogP contribution is 2.20. The number of fused-ring (bicyclic) bond motifs is 1. The number of carbonyl (C=O) groups excluding carboxylic acids is 1. The molecule has 26 heavy (non-hydrogen) atoms. The van der Waals surface area contributed by atoms with E-state index in [1.807, 2.05) is 24.3 Å². The molecule has 1 aromatic heterocycles. The van der Waals surface area contributed by atoms with Gasteiger partial charge in [-0.25, -0.2) is 0 Å². The number of aryl methyl sites for hydroxylation is 1. The van der Waals surface area contributed by atoms with Gasteiger partial charge in [-0.15, -0.1) is 11.8 Å². The molecule has 0 saturated heterocycles. The summed E-state index contributed by atoms with van der Waals surface area (Å²) in [6.45, 7) is 5.42. The molecule has 3 aromatic rings. The van der Waals surface area contributed by atoms with E-state index in [0.717, 1.165) is 20.9 Å². The molecular weight excluding hydrogens is 364 g/mol. The molecule has 0 radical (unpaired) electrons. The number of nitrogens with zero attached hydrogens (tertiary/aromatic N) is 2. The van der Waals surface area contributed by atoms with Crippen LogP contribution in [0.2, 0.25) is 0 Å². The van der Waals surface area contributed by atoms with Gasteiger partial charge in [-0.05, 0) is 54.6 Å². The van der Waals surface area contributed by atoms with E-state index in [1.165, 1.54) is 16.9 Å². The summed E-state index contributed by atoms with van der Waals surface area (Å²) < 4.78 is 8.41. The normalized spacial score (nSPS) is 12.0. The first-order valence-corrected chi connectivity index (χ1v) is 10.3. The van der Waals surface area contributed by atoms with Gasteiger partial charge in [0.1, 0.15) is 0 Å². The van der Waals surface area contributed by atoms with Gasteiger partial charge in [0.2, 0.25) is 0 Å². The molecule has 1 amide bonds. The summed E-state index contributed by atoms with van der Waals surface area (Å²) in [6.07, 6.45) is 0. The minimum Gasteiger partial charge on any atom is -0.383 e. The quantitative estimate of drug-likeness (QED) is 0.586. The Morgan fingerprint density at radius 2 is 2.00 bits per heavy atom. The minimum atomic E-state index is -0.215. The largest absolute Gasteiger partial charge is 0.383 e. The maximum absolute atomic E-state index is 12.6. The van der Waals surface area contributed by atoms with Crippen LogP contribution in [0.25, 0.3) is 10.2 Å². The lowest BCUT2D eigenvalue weighted by atomic mass is 10.2. The van der Waals surface area contributed by atoms with E-state index >= 15 is 0 Å². The van der Waals surface area contributed by atoms with E-state index in [9.17, 15) is 4.79 Å². The summed E-state index contributed by atoms with van der Waals surface area (Å²) in [7, 11) is 1.68. The zero-order valence-electron chi connectivity index (χ0n) is 15.2. The molecule has 4 nitrogen and oxygen atoms in total. The third kappa shape index (κ3) is 4.26. The Kier molecular flexibility index (Phi) is 6.29. The zero-order chi connectivity index (χ0) is 18.5. The molecule has 3 rings (SSSR count). The molecule has 6 heteroatoms. The first-order chi connectivity index (χ1) is 12.6. The van der Waals surface area contributed by atoms with Gasteiger partial charge < -0.3 is 9.30 Å². The van der Waals surface area contributed by atoms with Gasteiger partial charge >= 0.3 is 0 Å². The van der Waals surface area contributed by atoms with Crippen LogP contribution in [0.5, 0.6) is 0 Å². The van der Waals surface area contributed by atoms with Crippen molar-refractivity contribution in [3.63, 3.8) is 0 Å². The summed E-state index contributed by atoms with van der Waals surface area (Å²) in [6, 6.07) is 13.9. The maximum atomic E-state index is 12.6. The van der Waals surface area contributed by atoms with Crippen LogP contribution >= 0.6 is 23.1 Å². The number of hydrogen-bond donors (Lipinski definition) is 0. The number of rotatable bonds is 6. The summed E-state index contributed by atoms with van der Waals surface area (Å²) >= 11 is 3.30. The van der Waals surface area contributed by atoms with Gasteiger partial charge in [-0.1, -0.05) is 24.3 Å². The summed E-state index contributed by atoms with van der Waals surface area (Å²) in [5.41, 5.74) is 2.89. The third-order valence-corrected chi connectivity index (χ3v) is 5.90. The standard InChI is InChI=1S/C20H22N2O2S2/c1-4-25-16-8-6-15(7-9-16)19(23)21-20-22(11-12-24-3)17-10-5-14(2)13-18(17)26-20/h5-10,13H,4,11-12H2,1-3H3. The van der Waals surface area contributed by atoms with Gasteiger partial charge in [0.25, 0.3) is 5.91 Å². The summed E-state index contributed by atoms with van der Waals surface area (Å²) in [5.74, 6) is 0.797. The number of thiazole rings is 1. The lowest BCUT2D eigenvalue weighted by Gasteiger charge is -2.04. The third-order valence-electron chi connectivity index (χ3n) is 3.97. The summed E-state index contributed by atoms with van der Waals surface area (Å²) in [5, 5.41) is 0. The fraction of sp³-hybridized carbons (Fsp3) is 0.300. The average molecular weight is 387 g/mol. The number of aromatic nitrogens is 1. The highest BCUT2D eigenvalue weighted by Gasteiger charge is 2.09. The first kappa shape index (κ1) is 18.9. The maximum Gasteiger partial charge on any atom is 0.279 e. The van der Waals surface area contributed by atoms with Crippen molar-refractivity contribution in [1.29, 1.82) is 0 Å². The summed E-state index contributed by atoms with van der Waals surface area (Å²) in [4.78, 5) is 18.9. The minimum absolute atomic E-state index is 0.215. The highest BCUT2D eigenvalue weighted by molar-refractivity contribution is 7.99. The second-order valence-corrected chi connectivity index (χ2v) is 8.22. The van der Waals surface area contributed by atoms with E-state index in [1.54, 1.807) is 18.9 Å². The fourth-order valence-corrected chi connectivity index (χ4v) is 4.49. The van der Waals surface area contributed by atoms with Crippen LogP contribution in [0.3, 0.4) is 0 Å². The van der Waals surface area contributed by atoms with Gasteiger partial charge in [-0.2, -0.15) is 4.99 Å². The zero-order valence-corrected chi connectivity index (χ0v) is 16.8. The molecular formula is C20H22N2O2S2. The monoisotopic (exact) mass is 386 g/mol. The Bertz CT molecular complexity index is 972. The number of thioether (sulfide) groups is 1. The lowest BCUT2D eigenvalue weighted by molar-refractivity contribution is 0.0997. The van der Waals surface area contributed by atoms with Gasteiger partial charge in [-0.3, -0.25) is 4.79 Å². The second kappa shape index (κ2) is 8.66. The molecule has 0 aliphatic carbocycles. The van der Waals surface area contributed by atoms with Crippen molar-refractivity contribution in [1.82, 2.24) is 4.57 Å². The van der Waals surface area contributed by atoms with E-state index in [0.29, 0.717) is 23.5 Å². The van der Waals surface area contributed by atoms with E-state index in [-0.39, 0.29) is 5.91 Å². The van der Waals surface area contributed by atoms with E-state index < -0.39 is 0 Å². The Balaban J connectivity index is 2.00. The molecule has 2 aromatic carbocycles. The Morgan fingerprint density at radius 1 is 1.23 bits per heavy atom. The van der Waals surface area contributed by atoms with Crippen molar-refractivity contribution >= 4 is 39.2 Å². The van der Waals surface area contributed by atoms with Crippen LogP contribution in [0.4, 0.5) is 0 Å². The predicted molar refractivity (Wildman–Crippen MR) is 109 cm³/mol. The molecule has 1 heterocycles. The molecule has 0 fully saturated rings. The van der Waals surface area contributed by atoms with Crippen molar-refractivity contribution < 1.29 is 9.53 Å². The van der Waals surface area contributed by atoms with Crippen LogP contribution in [0.1, 0.15) is 22.8 Å². The van der Waals surface area contributed by atoms with Crippen LogP contribution in [-0.2, 0) is 11.3 Å². The van der Waals surface area contributed by atoms with Crippen molar-refractivity contribution in [2.75, 3.05) is 19.5 Å². The SMILES string of the molecule is CCSc1ccc(C(=O)N=c2sc3cc(C)ccc3n2CCOC)cc1. The molecule has 0 spiro atoms. The topological polar surface area (TPSA) is 43.6 Å². The number of ether oxygens (including phenoxy) is 1. The first-order valence-electron chi connectivity index (χ1n) is 8.53. The molecule has 0 unspecified atom stereocenters. The number of hydrogen-bond acceptors (Lipinski definition) is 4. The lowest BCUT2D eigenvalue weighted by Crippen LogP contribution is -2.19. The van der Waals surface area contributed by atoms with Crippen LogP contribution in [-0.4, -0.2) is 29.9 Å². The fourth-order valence-electron chi connectivity index (χ4n) is 2.68. The van der Waals surface area contributed by atoms with Crippen LogP contribution < -0.4 is 4.80 Å². The highest BCUT2D eigenvalue weighted by atomic mass is 32.2. The smallest absolute Gasteiger partial charge is 0.279 e. The van der Waals surface area contributed by atoms with Gasteiger partial charge in [0.15, 0.2) is 4.80 Å². The second-order valence-electron chi connectivity index (χ2n) is 5.87. The predicted octanol–water partition coefficient (Wildman–Crippen LogP) is 4.51. The molecule has 0 N–H and O–H groups in total. The van der Waals surface area contributed by atoms with Gasteiger partial charge in [0, 0.05) is 24.1 Å². The van der Waals surface area contributed by atoms with Gasteiger partial charge in [0.05, 0.1) is 16.8 Å². The number of methoxy groups -OCH3 is 1. The molecule has 0 bridgehead atoms. The Hall–Kier alpha value is -1.89. The molecule has 0 aliphatic heterocycles. The molecule has 0 atom stereocenters. The van der Waals surface area contributed by atoms with Crippen LogP contribution in [0, 0.1) is 6.92 Å². The number of carbonyl (C=O) groups is 1. The van der Waals surface area contributed by atoms with Crippen molar-refractivity contribution in [2.24, 2.45) is 4.99 Å². The van der Waals surface area contributed by atoms with Crippen molar-refractivity contribution in [3.05, 3.63) is 58.4 Å². The van der Waals surface area contributed by atoms with Crippen LogP contribution in [0.15, 0.2) is 52.4 Å². The van der Waals surface area contributed by atoms with Crippen molar-refractivity contribution in [2.45, 2.75) is 25.3 Å². The Morgan fingerprint density at radius 3 is 2.69 bits per heavy atom. The molecule has 0 aliphatic rings. The van der Waals surface area contributed by atoms with E-state index in [2.05, 4.69) is 41.6 Å². The van der Waals surface area contributed by atoms with Crippen molar-refractivity contribution in [3.8, 4) is 0 Å². The number of amides is 1. The van der Waals surface area contributed by atoms with E-state index in [4.69, 9.17) is 4.74 Å². The average Bonchev–Trinajstić information content (AvgIpc) is 2.96. The molecule has 0 saturated carbocycles.